The molecule has 0 saturated heterocycles. The van der Waals surface area contributed by atoms with Crippen LogP contribution >= 0.6 is 11.3 Å². The van der Waals surface area contributed by atoms with Gasteiger partial charge in [-0.1, -0.05) is 18.2 Å². The molecule has 1 amide bonds. The molecule has 7 nitrogen and oxygen atoms in total. The van der Waals surface area contributed by atoms with E-state index < -0.39 is 36.3 Å². The minimum Gasteiger partial charge on any atom is -0.462 e. The average Bonchev–Trinajstić information content (AvgIpc) is 3.17. The summed E-state index contributed by atoms with van der Waals surface area (Å²) < 4.78 is 40.1. The normalized spacial score (nSPS) is 11.2. The third-order valence-corrected chi connectivity index (χ3v) is 6.60. The van der Waals surface area contributed by atoms with Gasteiger partial charge in [0.15, 0.2) is 0 Å². The number of benzene rings is 2. The standard InChI is InChI=1S/C27H31F2N3O4S/c1-6-35-26(33)23-20(14-31(4)5)24(17-10-12-18(30)13-11-17)37-25(23)32(27(34)36-16(2)3)15-19-21(28)8-7-9-22(19)29/h7-13,16H,6,14-15,30H2,1-5H3. The Kier molecular flexibility index (Phi) is 9.23. The highest BCUT2D eigenvalue weighted by atomic mass is 32.1. The zero-order valence-corrected chi connectivity index (χ0v) is 22.3. The molecular formula is C27H31F2N3O4S. The molecule has 0 bridgehead atoms. The highest BCUT2D eigenvalue weighted by Gasteiger charge is 2.33. The summed E-state index contributed by atoms with van der Waals surface area (Å²) in [4.78, 5) is 30.3. The van der Waals surface area contributed by atoms with Crippen molar-refractivity contribution in [2.75, 3.05) is 31.3 Å². The van der Waals surface area contributed by atoms with Crippen LogP contribution in [-0.2, 0) is 22.6 Å². The van der Waals surface area contributed by atoms with Crippen molar-refractivity contribution in [3.05, 3.63) is 70.8 Å². The number of rotatable bonds is 9. The van der Waals surface area contributed by atoms with Gasteiger partial charge in [0.2, 0.25) is 0 Å². The zero-order valence-electron chi connectivity index (χ0n) is 21.5. The molecule has 1 heterocycles. The lowest BCUT2D eigenvalue weighted by Crippen LogP contribution is -2.34. The summed E-state index contributed by atoms with van der Waals surface area (Å²) in [5, 5.41) is 0.176. The van der Waals surface area contributed by atoms with E-state index in [1.807, 2.05) is 31.1 Å². The molecule has 0 spiro atoms. The number of nitrogens with two attached hydrogens (primary N) is 1. The van der Waals surface area contributed by atoms with E-state index in [-0.39, 0.29) is 22.7 Å². The molecule has 198 valence electrons. The molecule has 0 aliphatic heterocycles. The van der Waals surface area contributed by atoms with Crippen molar-refractivity contribution in [2.24, 2.45) is 0 Å². The van der Waals surface area contributed by atoms with Crippen LogP contribution < -0.4 is 10.6 Å². The molecule has 37 heavy (non-hydrogen) atoms. The molecule has 3 aromatic rings. The van der Waals surface area contributed by atoms with Gasteiger partial charge in [0.1, 0.15) is 16.6 Å². The molecule has 0 saturated carbocycles. The topological polar surface area (TPSA) is 85.1 Å². The summed E-state index contributed by atoms with van der Waals surface area (Å²) in [6.45, 7) is 4.96. The predicted molar refractivity (Wildman–Crippen MR) is 142 cm³/mol. The van der Waals surface area contributed by atoms with Crippen LogP contribution in [0.15, 0.2) is 42.5 Å². The molecule has 2 N–H and O–H groups in total. The Balaban J connectivity index is 2.31. The summed E-state index contributed by atoms with van der Waals surface area (Å²) in [7, 11) is 3.69. The first-order chi connectivity index (χ1) is 17.5. The van der Waals surface area contributed by atoms with Gasteiger partial charge >= 0.3 is 12.1 Å². The van der Waals surface area contributed by atoms with Gasteiger partial charge in [-0.3, -0.25) is 4.90 Å². The number of esters is 1. The van der Waals surface area contributed by atoms with Gasteiger partial charge in [-0.2, -0.15) is 0 Å². The van der Waals surface area contributed by atoms with Gasteiger partial charge in [0, 0.05) is 28.2 Å². The second-order valence-corrected chi connectivity index (χ2v) is 9.89. The number of carbonyl (C=O) groups excluding carboxylic acids is 2. The van der Waals surface area contributed by atoms with Crippen molar-refractivity contribution in [3.63, 3.8) is 0 Å². The summed E-state index contributed by atoms with van der Waals surface area (Å²) in [6, 6.07) is 10.6. The van der Waals surface area contributed by atoms with Crippen LogP contribution in [0.25, 0.3) is 10.4 Å². The van der Waals surface area contributed by atoms with E-state index in [4.69, 9.17) is 15.2 Å². The Hall–Kier alpha value is -3.50. The number of hydrogen-bond acceptors (Lipinski definition) is 7. The van der Waals surface area contributed by atoms with Crippen LogP contribution in [0, 0.1) is 11.6 Å². The molecule has 3 rings (SSSR count). The molecule has 0 fully saturated rings. The van der Waals surface area contributed by atoms with Crippen LogP contribution in [0.1, 0.15) is 42.3 Å². The molecule has 0 aliphatic carbocycles. The number of halogens is 2. The quantitative estimate of drug-likeness (QED) is 0.267. The van der Waals surface area contributed by atoms with Gasteiger partial charge in [-0.25, -0.2) is 18.4 Å². The number of nitrogens with zero attached hydrogens (tertiary/aromatic N) is 2. The molecule has 0 unspecified atom stereocenters. The first kappa shape index (κ1) is 28.1. The molecule has 2 aromatic carbocycles. The van der Waals surface area contributed by atoms with E-state index in [0.29, 0.717) is 22.7 Å². The highest BCUT2D eigenvalue weighted by Crippen LogP contribution is 2.44. The monoisotopic (exact) mass is 531 g/mol. The average molecular weight is 532 g/mol. The number of thiophene rings is 1. The number of anilines is 2. The van der Waals surface area contributed by atoms with Gasteiger partial charge in [0.25, 0.3) is 0 Å². The van der Waals surface area contributed by atoms with E-state index in [0.717, 1.165) is 33.9 Å². The van der Waals surface area contributed by atoms with Crippen molar-refractivity contribution in [3.8, 4) is 10.4 Å². The lowest BCUT2D eigenvalue weighted by Gasteiger charge is -2.24. The van der Waals surface area contributed by atoms with Gasteiger partial charge in [-0.15, -0.1) is 11.3 Å². The lowest BCUT2D eigenvalue weighted by atomic mass is 10.0. The summed E-state index contributed by atoms with van der Waals surface area (Å²) >= 11 is 1.15. The van der Waals surface area contributed by atoms with Crippen LogP contribution in [0.4, 0.5) is 24.3 Å². The fourth-order valence-electron chi connectivity index (χ4n) is 3.72. The number of hydrogen-bond donors (Lipinski definition) is 1. The lowest BCUT2D eigenvalue weighted by molar-refractivity contribution is 0.0526. The second-order valence-electron chi connectivity index (χ2n) is 8.89. The molecule has 1 aromatic heterocycles. The minimum absolute atomic E-state index is 0.102. The Morgan fingerprint density at radius 1 is 1.00 bits per heavy atom. The third kappa shape index (κ3) is 6.64. The van der Waals surface area contributed by atoms with Crippen molar-refractivity contribution < 1.29 is 27.8 Å². The minimum atomic E-state index is -0.843. The number of amides is 1. The zero-order chi connectivity index (χ0) is 27.3. The summed E-state index contributed by atoms with van der Waals surface area (Å²) in [6.07, 6.45) is -1.35. The van der Waals surface area contributed by atoms with Crippen LogP contribution in [0.5, 0.6) is 0 Å². The smallest absolute Gasteiger partial charge is 0.415 e. The van der Waals surface area contributed by atoms with E-state index in [2.05, 4.69) is 0 Å². The first-order valence-electron chi connectivity index (χ1n) is 11.8. The van der Waals surface area contributed by atoms with E-state index in [1.54, 1.807) is 32.9 Å². The molecular weight excluding hydrogens is 500 g/mol. The summed E-state index contributed by atoms with van der Waals surface area (Å²) in [5.74, 6) is -2.28. The Labute approximate surface area is 219 Å². The number of ether oxygens (including phenoxy) is 2. The van der Waals surface area contributed by atoms with Crippen molar-refractivity contribution in [1.82, 2.24) is 4.90 Å². The fourth-order valence-corrected chi connectivity index (χ4v) is 5.01. The van der Waals surface area contributed by atoms with E-state index >= 15 is 0 Å². The second kappa shape index (κ2) is 12.2. The maximum absolute atomic E-state index is 14.7. The van der Waals surface area contributed by atoms with Crippen LogP contribution in [0.3, 0.4) is 0 Å². The van der Waals surface area contributed by atoms with Crippen molar-refractivity contribution >= 4 is 34.1 Å². The van der Waals surface area contributed by atoms with Crippen molar-refractivity contribution in [1.29, 1.82) is 0 Å². The largest absolute Gasteiger partial charge is 0.462 e. The maximum atomic E-state index is 14.7. The third-order valence-electron chi connectivity index (χ3n) is 5.30. The molecule has 0 radical (unpaired) electrons. The van der Waals surface area contributed by atoms with Crippen molar-refractivity contribution in [2.45, 2.75) is 40.0 Å². The van der Waals surface area contributed by atoms with Gasteiger partial charge in [0.05, 0.1) is 24.8 Å². The van der Waals surface area contributed by atoms with E-state index in [1.165, 1.54) is 6.07 Å². The van der Waals surface area contributed by atoms with E-state index in [9.17, 15) is 18.4 Å². The van der Waals surface area contributed by atoms with Gasteiger partial charge in [-0.05, 0) is 64.7 Å². The number of nitrogen functional groups attached to an aromatic ring is 1. The van der Waals surface area contributed by atoms with Crippen LogP contribution in [0.2, 0.25) is 0 Å². The summed E-state index contributed by atoms with van der Waals surface area (Å²) in [5.41, 5.74) is 7.64. The molecule has 0 aliphatic rings. The Morgan fingerprint density at radius 3 is 2.16 bits per heavy atom. The molecule has 0 atom stereocenters. The highest BCUT2D eigenvalue weighted by molar-refractivity contribution is 7.20. The first-order valence-corrected chi connectivity index (χ1v) is 12.6. The predicted octanol–water partition coefficient (Wildman–Crippen LogP) is 6.07. The Morgan fingerprint density at radius 2 is 1.62 bits per heavy atom. The van der Waals surface area contributed by atoms with Gasteiger partial charge < -0.3 is 20.1 Å². The number of carbonyl (C=O) groups is 2. The fraction of sp³-hybridized carbons (Fsp3) is 0.333. The SMILES string of the molecule is CCOC(=O)c1c(N(Cc2c(F)cccc2F)C(=O)OC(C)C)sc(-c2ccc(N)cc2)c1CN(C)C. The Bertz CT molecular complexity index is 1240. The van der Waals surface area contributed by atoms with Crippen LogP contribution in [-0.4, -0.2) is 43.8 Å². The maximum Gasteiger partial charge on any atom is 0.415 e. The molecule has 10 heteroatoms.